The average Bonchev–Trinajstić information content (AvgIpc) is 3.35. The fraction of sp³-hybridized carbons (Fsp3) is 0.129. The van der Waals surface area contributed by atoms with Gasteiger partial charge in [-0.15, -0.1) is 0 Å². The van der Waals surface area contributed by atoms with E-state index in [1.807, 2.05) is 47.0 Å². The van der Waals surface area contributed by atoms with Crippen molar-refractivity contribution in [3.8, 4) is 45.3 Å². The molecule has 338 valence electrons. The Hall–Kier alpha value is -5.89. The molecule has 0 radical (unpaired) electrons. The SMILES string of the molecule is CC(C)(C)c1ccc2c(c1)Sc1cc(Oc3cccc(-c4ccccc4)c3)cc3c1B2c1cc2c(cc1S3)Sc1cc(Oc3cccc(-c4ccccc4)c3)cc3c1B2c1ccc(C(C)(C)C)cc1S3. The van der Waals surface area contributed by atoms with Gasteiger partial charge in [0.2, 0.25) is 13.4 Å². The normalized spacial score (nSPS) is 13.9. The molecule has 0 unspecified atom stereocenters. The maximum Gasteiger partial charge on any atom is 0.247 e. The zero-order valence-electron chi connectivity index (χ0n) is 39.9. The highest BCUT2D eigenvalue weighted by Crippen LogP contribution is 2.47. The largest absolute Gasteiger partial charge is 0.457 e. The van der Waals surface area contributed by atoms with Gasteiger partial charge in [0.15, 0.2) is 0 Å². The van der Waals surface area contributed by atoms with Crippen LogP contribution in [0.15, 0.2) is 221 Å². The van der Waals surface area contributed by atoms with Gasteiger partial charge in [0, 0.05) is 39.2 Å². The van der Waals surface area contributed by atoms with Gasteiger partial charge in [-0.1, -0.05) is 226 Å². The molecule has 9 aromatic carbocycles. The number of fused-ring (bicyclic) bond motifs is 8. The highest BCUT2D eigenvalue weighted by atomic mass is 32.2. The van der Waals surface area contributed by atoms with Crippen molar-refractivity contribution in [2.45, 2.75) is 91.5 Å². The van der Waals surface area contributed by atoms with Crippen LogP contribution < -0.4 is 42.3 Å². The third kappa shape index (κ3) is 7.83. The third-order valence-corrected chi connectivity index (χ3v) is 18.6. The molecule has 4 aliphatic rings. The second-order valence-electron chi connectivity index (χ2n) is 20.9. The van der Waals surface area contributed by atoms with E-state index in [4.69, 9.17) is 9.47 Å². The Morgan fingerprint density at radius 2 is 0.671 bits per heavy atom. The van der Waals surface area contributed by atoms with E-state index in [2.05, 4.69) is 224 Å². The maximum absolute atomic E-state index is 6.84. The van der Waals surface area contributed by atoms with Gasteiger partial charge in [-0.25, -0.2) is 0 Å². The van der Waals surface area contributed by atoms with Crippen molar-refractivity contribution in [1.82, 2.24) is 0 Å². The van der Waals surface area contributed by atoms with Crippen molar-refractivity contribution in [2.75, 3.05) is 0 Å². The van der Waals surface area contributed by atoms with Crippen LogP contribution in [0.3, 0.4) is 0 Å². The Morgan fingerprint density at radius 1 is 0.300 bits per heavy atom. The summed E-state index contributed by atoms with van der Waals surface area (Å²) in [4.78, 5) is 10.3. The standard InChI is InChI=1S/C62H48B2O2S4/c1-61(2,3)41-23-25-47-51(29-41)67-55-31-45(65-43-21-13-19-39(27-43)37-15-9-7-10-16-37)33-57-59(55)63(47)49-35-50-54(36-53(49)69-57)70-58-34-46(66-44-22-14-20-40(28-44)38-17-11-8-12-18-38)32-56-60(58)64(50)48-26-24-42(62(4,5)6)30-52(48)68-56/h7-36H,1-6H3. The summed E-state index contributed by atoms with van der Waals surface area (Å²) in [6, 6.07) is 66.8. The number of hydrogen-bond donors (Lipinski definition) is 0. The molecule has 0 saturated heterocycles. The zero-order chi connectivity index (χ0) is 47.5. The minimum atomic E-state index is 0.0216. The Kier molecular flexibility index (Phi) is 10.6. The number of hydrogen-bond acceptors (Lipinski definition) is 6. The molecule has 9 aromatic rings. The van der Waals surface area contributed by atoms with Crippen molar-refractivity contribution in [3.63, 3.8) is 0 Å². The molecule has 0 N–H and O–H groups in total. The molecular weight excluding hydrogens is 927 g/mol. The lowest BCUT2D eigenvalue weighted by Crippen LogP contribution is -2.62. The second kappa shape index (κ2) is 16.9. The lowest BCUT2D eigenvalue weighted by atomic mass is 9.33. The quantitative estimate of drug-likeness (QED) is 0.154. The summed E-state index contributed by atoms with van der Waals surface area (Å²) in [5.41, 5.74) is 15.7. The van der Waals surface area contributed by atoms with E-state index >= 15 is 0 Å². The van der Waals surface area contributed by atoms with Crippen LogP contribution in [0.2, 0.25) is 0 Å². The highest BCUT2D eigenvalue weighted by Gasteiger charge is 2.44. The molecule has 0 saturated carbocycles. The van der Waals surface area contributed by atoms with E-state index in [0.717, 1.165) is 34.1 Å². The van der Waals surface area contributed by atoms with E-state index < -0.39 is 0 Å². The lowest BCUT2D eigenvalue weighted by Gasteiger charge is -2.37. The summed E-state index contributed by atoms with van der Waals surface area (Å²) >= 11 is 7.59. The van der Waals surface area contributed by atoms with Gasteiger partial charge in [-0.2, -0.15) is 0 Å². The smallest absolute Gasteiger partial charge is 0.247 e. The van der Waals surface area contributed by atoms with Crippen LogP contribution in [-0.4, -0.2) is 13.4 Å². The number of ether oxygens (including phenoxy) is 2. The highest BCUT2D eigenvalue weighted by molar-refractivity contribution is 8.02. The van der Waals surface area contributed by atoms with Crippen LogP contribution in [0.25, 0.3) is 22.3 Å². The first-order chi connectivity index (χ1) is 33.9. The molecule has 70 heavy (non-hydrogen) atoms. The van der Waals surface area contributed by atoms with Crippen molar-refractivity contribution < 1.29 is 9.47 Å². The third-order valence-electron chi connectivity index (χ3n) is 14.1. The summed E-state index contributed by atoms with van der Waals surface area (Å²) in [7, 11) is 0. The van der Waals surface area contributed by atoms with Gasteiger partial charge in [-0.05, 0) is 122 Å². The second-order valence-corrected chi connectivity index (χ2v) is 25.2. The molecule has 0 spiro atoms. The lowest BCUT2D eigenvalue weighted by molar-refractivity contribution is 0.480. The van der Waals surface area contributed by atoms with Gasteiger partial charge in [0.05, 0.1) is 0 Å². The van der Waals surface area contributed by atoms with Gasteiger partial charge >= 0.3 is 0 Å². The molecule has 4 aliphatic heterocycles. The van der Waals surface area contributed by atoms with Crippen molar-refractivity contribution >= 4 is 93.2 Å². The van der Waals surface area contributed by atoms with Crippen LogP contribution in [0.5, 0.6) is 23.0 Å². The first-order valence-electron chi connectivity index (χ1n) is 24.1. The fourth-order valence-corrected chi connectivity index (χ4v) is 15.6. The van der Waals surface area contributed by atoms with E-state index in [0.29, 0.717) is 0 Å². The fourth-order valence-electron chi connectivity index (χ4n) is 10.5. The topological polar surface area (TPSA) is 18.5 Å². The molecule has 0 bridgehead atoms. The molecule has 4 heterocycles. The molecule has 13 rings (SSSR count). The van der Waals surface area contributed by atoms with Crippen molar-refractivity contribution in [3.05, 3.63) is 193 Å². The van der Waals surface area contributed by atoms with Crippen LogP contribution in [0, 0.1) is 0 Å². The molecule has 0 fully saturated rings. The van der Waals surface area contributed by atoms with E-state index in [1.54, 1.807) is 0 Å². The molecule has 0 aromatic heterocycles. The van der Waals surface area contributed by atoms with Crippen LogP contribution in [-0.2, 0) is 10.8 Å². The summed E-state index contributed by atoms with van der Waals surface area (Å²) in [5, 5.41) is 0. The van der Waals surface area contributed by atoms with Crippen molar-refractivity contribution in [2.24, 2.45) is 0 Å². The Bertz CT molecular complexity index is 3360. The van der Waals surface area contributed by atoms with E-state index in [-0.39, 0.29) is 24.3 Å². The Morgan fingerprint density at radius 3 is 1.06 bits per heavy atom. The minimum Gasteiger partial charge on any atom is -0.457 e. The first kappa shape index (κ1) is 44.1. The van der Waals surface area contributed by atoms with Gasteiger partial charge in [-0.3, -0.25) is 0 Å². The van der Waals surface area contributed by atoms with Gasteiger partial charge in [0.1, 0.15) is 23.0 Å². The first-order valence-corrected chi connectivity index (χ1v) is 27.4. The molecule has 2 nitrogen and oxygen atoms in total. The van der Waals surface area contributed by atoms with Crippen LogP contribution in [0.4, 0.5) is 0 Å². The van der Waals surface area contributed by atoms with Gasteiger partial charge in [0.25, 0.3) is 0 Å². The summed E-state index contributed by atoms with van der Waals surface area (Å²) < 4.78 is 13.7. The van der Waals surface area contributed by atoms with Crippen LogP contribution >= 0.6 is 47.0 Å². The van der Waals surface area contributed by atoms with Crippen LogP contribution in [0.1, 0.15) is 52.7 Å². The number of benzene rings is 9. The monoisotopic (exact) mass is 974 g/mol. The molecule has 0 amide bonds. The van der Waals surface area contributed by atoms with E-state index in [1.165, 1.54) is 94.2 Å². The van der Waals surface area contributed by atoms with Gasteiger partial charge < -0.3 is 9.47 Å². The maximum atomic E-state index is 6.84. The molecular formula is C62H48B2O2S4. The molecule has 0 aliphatic carbocycles. The predicted molar refractivity (Wildman–Crippen MR) is 299 cm³/mol. The summed E-state index contributed by atoms with van der Waals surface area (Å²) in [6.07, 6.45) is 0. The Balaban J connectivity index is 0.946. The van der Waals surface area contributed by atoms with Crippen molar-refractivity contribution in [1.29, 1.82) is 0 Å². The molecule has 0 atom stereocenters. The predicted octanol–water partition coefficient (Wildman–Crippen LogP) is 14.1. The zero-order valence-corrected chi connectivity index (χ0v) is 43.2. The van der Waals surface area contributed by atoms with E-state index in [9.17, 15) is 0 Å². The summed E-state index contributed by atoms with van der Waals surface area (Å²) in [5.74, 6) is 3.38. The Labute approximate surface area is 429 Å². The minimum absolute atomic E-state index is 0.0216. The molecule has 8 heteroatoms. The number of rotatable bonds is 6. The average molecular weight is 975 g/mol. The summed E-state index contributed by atoms with van der Waals surface area (Å²) in [6.45, 7) is 14.1.